The number of nitrogens with one attached hydrogen (secondary N) is 1. The third-order valence-electron chi connectivity index (χ3n) is 2.33. The minimum absolute atomic E-state index is 0.0850. The zero-order valence-electron chi connectivity index (χ0n) is 11.5. The van der Waals surface area contributed by atoms with Crippen molar-refractivity contribution in [1.82, 2.24) is 5.32 Å². The van der Waals surface area contributed by atoms with Gasteiger partial charge in [-0.2, -0.15) is 0 Å². The quantitative estimate of drug-likeness (QED) is 0.274. The molecule has 0 fully saturated rings. The first-order valence-corrected chi connectivity index (χ1v) is 6.93. The number of ether oxygens (including phenoxy) is 3. The van der Waals surface area contributed by atoms with E-state index in [0.717, 1.165) is 19.3 Å². The average Bonchev–Trinajstić information content (AvgIpc) is 2.45. The molecule has 1 aromatic carbocycles. The van der Waals surface area contributed by atoms with E-state index in [4.69, 9.17) is 26.4 Å². The number of rotatable bonds is 7. The van der Waals surface area contributed by atoms with Crippen LogP contribution in [-0.2, 0) is 9.47 Å². The summed E-state index contributed by atoms with van der Waals surface area (Å²) in [7, 11) is 0. The number of unbranched alkanes of at least 4 members (excludes halogenated alkanes) is 2. The Morgan fingerprint density at radius 3 is 2.65 bits per heavy atom. The summed E-state index contributed by atoms with van der Waals surface area (Å²) < 4.78 is 15.0. The fraction of sp³-hybridized carbons (Fsp3) is 0.429. The van der Waals surface area contributed by atoms with Crippen LogP contribution in [0.3, 0.4) is 0 Å². The number of carbonyl (C=O) groups is 1. The van der Waals surface area contributed by atoms with Crippen LogP contribution >= 0.6 is 12.2 Å². The Labute approximate surface area is 124 Å². The van der Waals surface area contributed by atoms with Crippen LogP contribution in [-0.4, -0.2) is 24.7 Å². The number of para-hydroxylation sites is 1. The number of hydrogen-bond donors (Lipinski definition) is 1. The number of hydrogen-bond acceptors (Lipinski definition) is 5. The molecule has 0 aromatic heterocycles. The number of thiocarbonyl (C=S) groups is 1. The van der Waals surface area contributed by atoms with Gasteiger partial charge in [-0.05, 0) is 30.8 Å². The van der Waals surface area contributed by atoms with E-state index in [1.807, 2.05) is 6.07 Å². The maximum Gasteiger partial charge on any atom is 0.515 e. The summed E-state index contributed by atoms with van der Waals surface area (Å²) in [5, 5.41) is 2.88. The highest BCUT2D eigenvalue weighted by atomic mass is 32.1. The maximum atomic E-state index is 11.3. The molecule has 0 unspecified atom stereocenters. The van der Waals surface area contributed by atoms with Gasteiger partial charge in [0, 0.05) is 0 Å². The van der Waals surface area contributed by atoms with Gasteiger partial charge in [-0.25, -0.2) is 4.79 Å². The summed E-state index contributed by atoms with van der Waals surface area (Å²) >= 11 is 4.92. The minimum Gasteiger partial charge on any atom is -0.471 e. The van der Waals surface area contributed by atoms with Crippen LogP contribution in [0.1, 0.15) is 26.2 Å². The molecule has 1 N–H and O–H groups in total. The Kier molecular flexibility index (Phi) is 8.14. The number of carbonyl (C=O) groups excluding carboxylic acids is 1. The van der Waals surface area contributed by atoms with Gasteiger partial charge in [0.25, 0.3) is 5.17 Å². The molecule has 0 atom stereocenters. The smallest absolute Gasteiger partial charge is 0.471 e. The summed E-state index contributed by atoms with van der Waals surface area (Å²) in [4.78, 5) is 11.3. The summed E-state index contributed by atoms with van der Waals surface area (Å²) in [6.07, 6.45) is 2.38. The van der Waals surface area contributed by atoms with Crippen LogP contribution in [0.4, 0.5) is 4.79 Å². The standard InChI is InChI=1S/C14H19NO4S/c1-2-3-7-10-17-13(20)15-11-18-14(16)19-12-8-5-4-6-9-12/h4-6,8-9H,2-3,7,10-11H2,1H3,(H,15,20). The molecule has 1 aromatic rings. The van der Waals surface area contributed by atoms with E-state index < -0.39 is 6.16 Å². The van der Waals surface area contributed by atoms with Gasteiger partial charge in [-0.3, -0.25) is 0 Å². The highest BCUT2D eigenvalue weighted by Crippen LogP contribution is 2.08. The van der Waals surface area contributed by atoms with E-state index >= 15 is 0 Å². The molecule has 0 spiro atoms. The van der Waals surface area contributed by atoms with Gasteiger partial charge in [-0.15, -0.1) is 0 Å². The van der Waals surface area contributed by atoms with E-state index in [9.17, 15) is 4.79 Å². The summed E-state index contributed by atoms with van der Waals surface area (Å²) in [6.45, 7) is 2.59. The fourth-order valence-electron chi connectivity index (χ4n) is 1.34. The van der Waals surface area contributed by atoms with Gasteiger partial charge < -0.3 is 19.5 Å². The lowest BCUT2D eigenvalue weighted by Crippen LogP contribution is -2.29. The first-order valence-electron chi connectivity index (χ1n) is 6.52. The lowest BCUT2D eigenvalue weighted by Gasteiger charge is -2.10. The maximum absolute atomic E-state index is 11.3. The van der Waals surface area contributed by atoms with E-state index in [-0.39, 0.29) is 11.9 Å². The molecule has 0 aliphatic heterocycles. The highest BCUT2D eigenvalue weighted by molar-refractivity contribution is 7.80. The third-order valence-corrected chi connectivity index (χ3v) is 2.59. The van der Waals surface area contributed by atoms with E-state index in [2.05, 4.69) is 12.2 Å². The fourth-order valence-corrected chi connectivity index (χ4v) is 1.48. The second-order valence-corrected chi connectivity index (χ2v) is 4.34. The Balaban J connectivity index is 2.08. The van der Waals surface area contributed by atoms with Crippen LogP contribution in [0, 0.1) is 0 Å². The van der Waals surface area contributed by atoms with Gasteiger partial charge in [0.05, 0.1) is 6.61 Å². The predicted molar refractivity (Wildman–Crippen MR) is 79.6 cm³/mol. The first-order chi connectivity index (χ1) is 9.72. The van der Waals surface area contributed by atoms with Crippen LogP contribution < -0.4 is 10.1 Å². The van der Waals surface area contributed by atoms with E-state index in [0.29, 0.717) is 12.4 Å². The molecule has 0 saturated heterocycles. The van der Waals surface area contributed by atoms with Crippen LogP contribution in [0.15, 0.2) is 30.3 Å². The average molecular weight is 297 g/mol. The Morgan fingerprint density at radius 1 is 1.20 bits per heavy atom. The largest absolute Gasteiger partial charge is 0.515 e. The Morgan fingerprint density at radius 2 is 1.95 bits per heavy atom. The molecule has 0 radical (unpaired) electrons. The lowest BCUT2D eigenvalue weighted by atomic mass is 10.3. The Hall–Kier alpha value is -1.82. The molecule has 6 heteroatoms. The topological polar surface area (TPSA) is 56.8 Å². The van der Waals surface area contributed by atoms with Gasteiger partial charge in [0.2, 0.25) is 0 Å². The molecule has 20 heavy (non-hydrogen) atoms. The van der Waals surface area contributed by atoms with E-state index in [1.54, 1.807) is 24.3 Å². The van der Waals surface area contributed by atoms with Crippen LogP contribution in [0.5, 0.6) is 5.75 Å². The minimum atomic E-state index is -0.794. The molecule has 0 amide bonds. The molecule has 0 aliphatic rings. The molecule has 0 heterocycles. The number of benzene rings is 1. The third kappa shape index (κ3) is 7.58. The van der Waals surface area contributed by atoms with Crippen molar-refractivity contribution in [3.8, 4) is 5.75 Å². The van der Waals surface area contributed by atoms with Gasteiger partial charge >= 0.3 is 6.16 Å². The highest BCUT2D eigenvalue weighted by Gasteiger charge is 2.05. The monoisotopic (exact) mass is 297 g/mol. The van der Waals surface area contributed by atoms with Crippen molar-refractivity contribution in [2.75, 3.05) is 13.3 Å². The second kappa shape index (κ2) is 10.0. The van der Waals surface area contributed by atoms with Crippen LogP contribution in [0.25, 0.3) is 0 Å². The van der Waals surface area contributed by atoms with Gasteiger partial charge in [-0.1, -0.05) is 38.0 Å². The zero-order valence-corrected chi connectivity index (χ0v) is 12.3. The van der Waals surface area contributed by atoms with Crippen molar-refractivity contribution in [3.63, 3.8) is 0 Å². The van der Waals surface area contributed by atoms with Crippen molar-refractivity contribution < 1.29 is 19.0 Å². The zero-order chi connectivity index (χ0) is 14.6. The normalized spacial score (nSPS) is 9.65. The van der Waals surface area contributed by atoms with Crippen molar-refractivity contribution >= 4 is 23.5 Å². The summed E-state index contributed by atoms with van der Waals surface area (Å²) in [5.41, 5.74) is 0. The Bertz CT molecular complexity index is 411. The van der Waals surface area contributed by atoms with E-state index in [1.165, 1.54) is 0 Å². The van der Waals surface area contributed by atoms with Crippen molar-refractivity contribution in [1.29, 1.82) is 0 Å². The van der Waals surface area contributed by atoms with Crippen LogP contribution in [0.2, 0.25) is 0 Å². The molecule has 1 rings (SSSR count). The van der Waals surface area contributed by atoms with Gasteiger partial charge in [0.1, 0.15) is 5.75 Å². The molecule has 5 nitrogen and oxygen atoms in total. The van der Waals surface area contributed by atoms with Crippen molar-refractivity contribution in [2.45, 2.75) is 26.2 Å². The molecule has 110 valence electrons. The SMILES string of the molecule is CCCCCOC(=S)NCOC(=O)Oc1ccccc1. The second-order valence-electron chi connectivity index (χ2n) is 3.97. The molecule has 0 aliphatic carbocycles. The molecule has 0 saturated carbocycles. The predicted octanol–water partition coefficient (Wildman–Crippen LogP) is 3.24. The van der Waals surface area contributed by atoms with Crippen molar-refractivity contribution in [3.05, 3.63) is 30.3 Å². The summed E-state index contributed by atoms with van der Waals surface area (Å²) in [6, 6.07) is 8.68. The molecular formula is C14H19NO4S. The molecule has 0 bridgehead atoms. The lowest BCUT2D eigenvalue weighted by molar-refractivity contribution is 0.0948. The summed E-state index contributed by atoms with van der Waals surface area (Å²) in [5.74, 6) is 0.427. The van der Waals surface area contributed by atoms with Gasteiger partial charge in [0.15, 0.2) is 6.73 Å². The molecular weight excluding hydrogens is 278 g/mol. The first kappa shape index (κ1) is 16.2. The van der Waals surface area contributed by atoms with Crippen molar-refractivity contribution in [2.24, 2.45) is 0 Å².